The molecular formula is C21H29NO2. The number of carboxylic acids is 1. The van der Waals surface area contributed by atoms with Gasteiger partial charge in [0.05, 0.1) is 5.92 Å². The Kier molecular flexibility index (Phi) is 7.26. The van der Waals surface area contributed by atoms with Crippen LogP contribution in [0.4, 0.5) is 0 Å². The molecule has 0 saturated heterocycles. The molecule has 2 aromatic carbocycles. The predicted molar refractivity (Wildman–Crippen MR) is 100 cm³/mol. The maximum atomic E-state index is 11.3. The first kappa shape index (κ1) is 18.5. The van der Waals surface area contributed by atoms with Crippen molar-refractivity contribution in [1.29, 1.82) is 0 Å². The van der Waals surface area contributed by atoms with Crippen LogP contribution in [0.25, 0.3) is 10.8 Å². The van der Waals surface area contributed by atoms with E-state index in [4.69, 9.17) is 0 Å². The number of hydrogen-bond acceptors (Lipinski definition) is 2. The number of unbranched alkanes of at least 4 members (excludes halogenated alkanes) is 1. The smallest absolute Gasteiger partial charge is 0.306 e. The zero-order valence-corrected chi connectivity index (χ0v) is 14.9. The van der Waals surface area contributed by atoms with Gasteiger partial charge in [-0.3, -0.25) is 4.79 Å². The monoisotopic (exact) mass is 327 g/mol. The molecule has 0 aliphatic carbocycles. The molecule has 0 aliphatic rings. The van der Waals surface area contributed by atoms with Gasteiger partial charge in [-0.2, -0.15) is 0 Å². The van der Waals surface area contributed by atoms with Crippen LogP contribution in [0.3, 0.4) is 0 Å². The first-order valence-corrected chi connectivity index (χ1v) is 8.99. The van der Waals surface area contributed by atoms with Crippen molar-refractivity contribution in [2.45, 2.75) is 45.6 Å². The predicted octanol–water partition coefficient (Wildman–Crippen LogP) is 4.94. The highest BCUT2D eigenvalue weighted by atomic mass is 16.4. The Hall–Kier alpha value is -1.87. The molecule has 0 bridgehead atoms. The van der Waals surface area contributed by atoms with Gasteiger partial charge in [-0.15, -0.1) is 0 Å². The summed E-state index contributed by atoms with van der Waals surface area (Å²) in [7, 11) is 2.11. The number of nitrogens with zero attached hydrogens (tertiary/aromatic N) is 1. The average molecular weight is 327 g/mol. The maximum Gasteiger partial charge on any atom is 0.306 e. The van der Waals surface area contributed by atoms with E-state index in [1.54, 1.807) is 0 Å². The third-order valence-corrected chi connectivity index (χ3v) is 4.67. The number of benzene rings is 2. The molecule has 130 valence electrons. The van der Waals surface area contributed by atoms with Crippen molar-refractivity contribution in [3.8, 4) is 0 Å². The summed E-state index contributed by atoms with van der Waals surface area (Å²) in [6.07, 6.45) is 4.57. The molecule has 24 heavy (non-hydrogen) atoms. The highest BCUT2D eigenvalue weighted by molar-refractivity contribution is 5.85. The van der Waals surface area contributed by atoms with Crippen LogP contribution in [0.5, 0.6) is 0 Å². The van der Waals surface area contributed by atoms with Crippen LogP contribution in [0.2, 0.25) is 0 Å². The Balaban J connectivity index is 1.86. The largest absolute Gasteiger partial charge is 0.481 e. The third-order valence-electron chi connectivity index (χ3n) is 4.67. The van der Waals surface area contributed by atoms with Crippen molar-refractivity contribution in [1.82, 2.24) is 4.90 Å². The minimum atomic E-state index is -0.639. The Labute approximate surface area is 145 Å². The molecule has 0 spiro atoms. The molecule has 0 heterocycles. The van der Waals surface area contributed by atoms with Crippen molar-refractivity contribution in [3.63, 3.8) is 0 Å². The molecule has 3 nitrogen and oxygen atoms in total. The van der Waals surface area contributed by atoms with Crippen LogP contribution in [0.15, 0.2) is 42.5 Å². The van der Waals surface area contributed by atoms with Crippen molar-refractivity contribution in [2.75, 3.05) is 13.6 Å². The van der Waals surface area contributed by atoms with Gasteiger partial charge in [0.1, 0.15) is 0 Å². The molecule has 0 amide bonds. The van der Waals surface area contributed by atoms with Gasteiger partial charge in [0.15, 0.2) is 0 Å². The molecule has 1 N–H and O–H groups in total. The SMILES string of the molecule is CCCCC(CCCN(C)Cc1cccc2ccccc12)C(=O)O. The lowest BCUT2D eigenvalue weighted by Crippen LogP contribution is -2.21. The van der Waals surface area contributed by atoms with Crippen LogP contribution in [-0.2, 0) is 11.3 Å². The van der Waals surface area contributed by atoms with Gasteiger partial charge in [-0.05, 0) is 49.2 Å². The maximum absolute atomic E-state index is 11.3. The van der Waals surface area contributed by atoms with E-state index in [2.05, 4.69) is 61.3 Å². The van der Waals surface area contributed by atoms with Gasteiger partial charge in [-0.25, -0.2) is 0 Å². The first-order valence-electron chi connectivity index (χ1n) is 8.99. The molecular weight excluding hydrogens is 298 g/mol. The van der Waals surface area contributed by atoms with Gasteiger partial charge in [0.2, 0.25) is 0 Å². The number of aliphatic carboxylic acids is 1. The van der Waals surface area contributed by atoms with Crippen molar-refractivity contribution < 1.29 is 9.90 Å². The van der Waals surface area contributed by atoms with Crippen molar-refractivity contribution in [3.05, 3.63) is 48.0 Å². The van der Waals surface area contributed by atoms with Gasteiger partial charge in [-0.1, -0.05) is 62.2 Å². The van der Waals surface area contributed by atoms with Crippen LogP contribution in [0, 0.1) is 5.92 Å². The van der Waals surface area contributed by atoms with E-state index in [1.807, 2.05) is 0 Å². The molecule has 2 aromatic rings. The van der Waals surface area contributed by atoms with Gasteiger partial charge >= 0.3 is 5.97 Å². The number of rotatable bonds is 10. The van der Waals surface area contributed by atoms with Crippen molar-refractivity contribution >= 4 is 16.7 Å². The second kappa shape index (κ2) is 9.43. The summed E-state index contributed by atoms with van der Waals surface area (Å²) in [6.45, 7) is 3.93. The van der Waals surface area contributed by atoms with Crippen LogP contribution < -0.4 is 0 Å². The minimum absolute atomic E-state index is 0.184. The standard InChI is InChI=1S/C21H29NO2/c1-3-4-9-18(21(23)24)13-8-15-22(2)16-19-12-7-11-17-10-5-6-14-20(17)19/h5-7,10-12,14,18H,3-4,8-9,13,15-16H2,1-2H3,(H,23,24). The van der Waals surface area contributed by atoms with E-state index >= 15 is 0 Å². The molecule has 0 fully saturated rings. The normalized spacial score (nSPS) is 12.6. The average Bonchev–Trinajstić information content (AvgIpc) is 2.58. The minimum Gasteiger partial charge on any atom is -0.481 e. The van der Waals surface area contributed by atoms with E-state index < -0.39 is 5.97 Å². The molecule has 0 aliphatic heterocycles. The number of carboxylic acid groups (broad SMARTS) is 1. The van der Waals surface area contributed by atoms with E-state index in [1.165, 1.54) is 16.3 Å². The van der Waals surface area contributed by atoms with Crippen LogP contribution in [0.1, 0.15) is 44.6 Å². The first-order chi connectivity index (χ1) is 11.6. The molecule has 1 atom stereocenters. The van der Waals surface area contributed by atoms with E-state index in [0.717, 1.165) is 45.2 Å². The lowest BCUT2D eigenvalue weighted by atomic mass is 9.97. The highest BCUT2D eigenvalue weighted by Crippen LogP contribution is 2.20. The Morgan fingerprint density at radius 1 is 1.08 bits per heavy atom. The molecule has 2 rings (SSSR count). The zero-order chi connectivity index (χ0) is 17.4. The number of fused-ring (bicyclic) bond motifs is 1. The van der Waals surface area contributed by atoms with Gasteiger partial charge in [0.25, 0.3) is 0 Å². The Morgan fingerprint density at radius 2 is 1.79 bits per heavy atom. The summed E-state index contributed by atoms with van der Waals surface area (Å²) in [6, 6.07) is 14.9. The zero-order valence-electron chi connectivity index (χ0n) is 14.9. The molecule has 0 aromatic heterocycles. The summed E-state index contributed by atoms with van der Waals surface area (Å²) in [5, 5.41) is 11.9. The van der Waals surface area contributed by atoms with Gasteiger partial charge < -0.3 is 10.0 Å². The Morgan fingerprint density at radius 3 is 2.54 bits per heavy atom. The summed E-state index contributed by atoms with van der Waals surface area (Å²) in [5.74, 6) is -0.823. The van der Waals surface area contributed by atoms with E-state index in [-0.39, 0.29) is 5.92 Å². The molecule has 0 radical (unpaired) electrons. The lowest BCUT2D eigenvalue weighted by molar-refractivity contribution is -0.142. The fraction of sp³-hybridized carbons (Fsp3) is 0.476. The van der Waals surface area contributed by atoms with Crippen LogP contribution >= 0.6 is 0 Å². The summed E-state index contributed by atoms with van der Waals surface area (Å²) in [5.41, 5.74) is 1.33. The Bertz CT molecular complexity index is 648. The topological polar surface area (TPSA) is 40.5 Å². The fourth-order valence-corrected chi connectivity index (χ4v) is 3.25. The third kappa shape index (κ3) is 5.34. The second-order valence-corrected chi connectivity index (χ2v) is 6.70. The summed E-state index contributed by atoms with van der Waals surface area (Å²) in [4.78, 5) is 13.6. The summed E-state index contributed by atoms with van der Waals surface area (Å²) < 4.78 is 0. The quantitative estimate of drug-likeness (QED) is 0.672. The highest BCUT2D eigenvalue weighted by Gasteiger charge is 2.16. The fourth-order valence-electron chi connectivity index (χ4n) is 3.25. The molecule has 0 saturated carbocycles. The number of hydrogen-bond donors (Lipinski definition) is 1. The number of carbonyl (C=O) groups is 1. The molecule has 3 heteroatoms. The van der Waals surface area contributed by atoms with E-state index in [0.29, 0.717) is 0 Å². The summed E-state index contributed by atoms with van der Waals surface area (Å²) >= 11 is 0. The molecule has 1 unspecified atom stereocenters. The van der Waals surface area contributed by atoms with Crippen LogP contribution in [-0.4, -0.2) is 29.6 Å². The lowest BCUT2D eigenvalue weighted by Gasteiger charge is -2.19. The van der Waals surface area contributed by atoms with Gasteiger partial charge in [0, 0.05) is 6.54 Å². The second-order valence-electron chi connectivity index (χ2n) is 6.70. The van der Waals surface area contributed by atoms with E-state index in [9.17, 15) is 9.90 Å². The van der Waals surface area contributed by atoms with Crippen molar-refractivity contribution in [2.24, 2.45) is 5.92 Å².